The number of halogens is 1. The van der Waals surface area contributed by atoms with E-state index in [4.69, 9.17) is 4.74 Å². The molecule has 0 amide bonds. The summed E-state index contributed by atoms with van der Waals surface area (Å²) in [6, 6.07) is 29.8. The van der Waals surface area contributed by atoms with Gasteiger partial charge in [0, 0.05) is 30.1 Å². The van der Waals surface area contributed by atoms with Crippen LogP contribution in [0.15, 0.2) is 78.9 Å². The number of benzene rings is 3. The van der Waals surface area contributed by atoms with Crippen LogP contribution < -0.4 is 10.1 Å². The Kier molecular flexibility index (Phi) is 8.31. The lowest BCUT2D eigenvalue weighted by molar-refractivity contribution is 0.00462. The van der Waals surface area contributed by atoms with Gasteiger partial charge in [0.05, 0.1) is 7.11 Å². The average molecular weight is 477 g/mol. The van der Waals surface area contributed by atoms with Crippen molar-refractivity contribution < 1.29 is 4.74 Å². The summed E-state index contributed by atoms with van der Waals surface area (Å²) in [4.78, 5) is 2.75. The summed E-state index contributed by atoms with van der Waals surface area (Å²) in [6.07, 6.45) is 3.62. The zero-order valence-electron chi connectivity index (χ0n) is 20.3. The Morgan fingerprint density at radius 1 is 0.912 bits per heavy atom. The van der Waals surface area contributed by atoms with E-state index in [0.717, 1.165) is 24.6 Å². The number of rotatable bonds is 8. The van der Waals surface area contributed by atoms with Crippen LogP contribution in [0.3, 0.4) is 0 Å². The van der Waals surface area contributed by atoms with Crippen LogP contribution >= 0.6 is 12.4 Å². The van der Waals surface area contributed by atoms with Gasteiger partial charge in [-0.2, -0.15) is 0 Å². The van der Waals surface area contributed by atoms with Crippen LogP contribution in [0.2, 0.25) is 0 Å². The van der Waals surface area contributed by atoms with Gasteiger partial charge in [-0.15, -0.1) is 12.4 Å². The third-order valence-electron chi connectivity index (χ3n) is 7.81. The average Bonchev–Trinajstić information content (AvgIpc) is 2.90. The van der Waals surface area contributed by atoms with Crippen molar-refractivity contribution in [3.05, 3.63) is 101 Å². The molecule has 6 rings (SSSR count). The van der Waals surface area contributed by atoms with E-state index in [0.29, 0.717) is 18.0 Å². The quantitative estimate of drug-likeness (QED) is 0.427. The van der Waals surface area contributed by atoms with E-state index in [1.165, 1.54) is 48.2 Å². The lowest BCUT2D eigenvalue weighted by atomic mass is 9.70. The minimum absolute atomic E-state index is 0. The molecule has 3 nitrogen and oxygen atoms in total. The fraction of sp³-hybridized carbons (Fsp3) is 0.400. The number of aryl methyl sites for hydroxylation is 1. The van der Waals surface area contributed by atoms with Gasteiger partial charge in [-0.3, -0.25) is 4.90 Å². The number of fused-ring (bicyclic) bond motifs is 3. The summed E-state index contributed by atoms with van der Waals surface area (Å²) in [7, 11) is 1.78. The summed E-state index contributed by atoms with van der Waals surface area (Å²) in [5, 5.41) is 4.04. The standard InChI is InChI=1S/C30H36N2O.ClH/c1-3-22-14-15-27(33-2)26(20-22)21-31-29-25-16-18-32(19-17-25)30(29)28(23-10-6-4-7-11-23)24-12-8-5-9-13-24;/h4-15,20,25,28-31H,3,16-19,21H2,1-2H3;1H/t29-,30-;/m0./s1. The molecule has 0 spiro atoms. The second-order valence-electron chi connectivity index (χ2n) is 9.57. The van der Waals surface area contributed by atoms with Crippen LogP contribution in [0.1, 0.15) is 47.9 Å². The predicted octanol–water partition coefficient (Wildman–Crippen LogP) is 6.06. The highest BCUT2D eigenvalue weighted by molar-refractivity contribution is 5.85. The molecule has 0 aliphatic carbocycles. The zero-order valence-corrected chi connectivity index (χ0v) is 21.1. The minimum atomic E-state index is 0. The number of ether oxygens (including phenoxy) is 1. The first kappa shape index (κ1) is 24.8. The Morgan fingerprint density at radius 2 is 1.53 bits per heavy atom. The molecule has 4 heteroatoms. The van der Waals surface area contributed by atoms with Crippen molar-refractivity contribution in [1.29, 1.82) is 0 Å². The first-order chi connectivity index (χ1) is 16.3. The molecule has 3 aliphatic rings. The molecular weight excluding hydrogens is 440 g/mol. The molecule has 3 aliphatic heterocycles. The van der Waals surface area contributed by atoms with E-state index in [1.807, 2.05) is 0 Å². The number of methoxy groups -OCH3 is 1. The number of nitrogens with zero attached hydrogens (tertiary/aromatic N) is 1. The molecule has 0 aromatic heterocycles. The van der Waals surface area contributed by atoms with Gasteiger partial charge in [0.25, 0.3) is 0 Å². The van der Waals surface area contributed by atoms with Gasteiger partial charge in [-0.1, -0.05) is 79.7 Å². The molecule has 34 heavy (non-hydrogen) atoms. The molecular formula is C30H37ClN2O. The number of hydrogen-bond donors (Lipinski definition) is 1. The van der Waals surface area contributed by atoms with Crippen LogP contribution in [0, 0.1) is 5.92 Å². The third-order valence-corrected chi connectivity index (χ3v) is 7.81. The number of nitrogens with one attached hydrogen (secondary N) is 1. The van der Waals surface area contributed by atoms with Crippen molar-refractivity contribution in [3.8, 4) is 5.75 Å². The van der Waals surface area contributed by atoms with E-state index in [9.17, 15) is 0 Å². The van der Waals surface area contributed by atoms with Crippen molar-refractivity contribution in [3.63, 3.8) is 0 Å². The highest BCUT2D eigenvalue weighted by Gasteiger charge is 2.46. The zero-order chi connectivity index (χ0) is 22.6. The van der Waals surface area contributed by atoms with Crippen LogP contribution in [0.4, 0.5) is 0 Å². The fourth-order valence-electron chi connectivity index (χ4n) is 6.11. The normalized spacial score (nSPS) is 23.5. The van der Waals surface area contributed by atoms with Crippen molar-refractivity contribution >= 4 is 12.4 Å². The topological polar surface area (TPSA) is 24.5 Å². The predicted molar refractivity (Wildman–Crippen MR) is 143 cm³/mol. The summed E-state index contributed by atoms with van der Waals surface area (Å²) in [5.74, 6) is 2.06. The minimum Gasteiger partial charge on any atom is -0.496 e. The maximum absolute atomic E-state index is 5.71. The van der Waals surface area contributed by atoms with Crippen molar-refractivity contribution in [2.75, 3.05) is 20.2 Å². The van der Waals surface area contributed by atoms with Crippen molar-refractivity contribution in [2.45, 2.75) is 50.7 Å². The third kappa shape index (κ3) is 5.02. The van der Waals surface area contributed by atoms with E-state index >= 15 is 0 Å². The van der Waals surface area contributed by atoms with Crippen molar-refractivity contribution in [1.82, 2.24) is 10.2 Å². The molecule has 180 valence electrons. The fourth-order valence-corrected chi connectivity index (χ4v) is 6.11. The molecule has 0 saturated carbocycles. The monoisotopic (exact) mass is 476 g/mol. The van der Waals surface area contributed by atoms with Crippen molar-refractivity contribution in [2.24, 2.45) is 5.92 Å². The van der Waals surface area contributed by atoms with E-state index in [-0.39, 0.29) is 12.4 Å². The van der Waals surface area contributed by atoms with Gasteiger partial charge in [-0.25, -0.2) is 0 Å². The molecule has 3 saturated heterocycles. The van der Waals surface area contributed by atoms with E-state index < -0.39 is 0 Å². The summed E-state index contributed by atoms with van der Waals surface area (Å²) < 4.78 is 5.71. The molecule has 3 aromatic carbocycles. The lowest BCUT2D eigenvalue weighted by Crippen LogP contribution is -2.64. The number of piperidine rings is 3. The maximum Gasteiger partial charge on any atom is 0.123 e. The Morgan fingerprint density at radius 3 is 2.09 bits per heavy atom. The highest BCUT2D eigenvalue weighted by atomic mass is 35.5. The first-order valence-corrected chi connectivity index (χ1v) is 12.5. The van der Waals surface area contributed by atoms with E-state index in [2.05, 4.69) is 96.0 Å². The molecule has 0 radical (unpaired) electrons. The van der Waals surface area contributed by atoms with Crippen LogP contribution in [-0.2, 0) is 13.0 Å². The highest BCUT2D eigenvalue weighted by Crippen LogP contribution is 2.42. The van der Waals surface area contributed by atoms with Gasteiger partial charge in [0.15, 0.2) is 0 Å². The van der Waals surface area contributed by atoms with Gasteiger partial charge >= 0.3 is 0 Å². The summed E-state index contributed by atoms with van der Waals surface area (Å²) in [5.41, 5.74) is 5.46. The second kappa shape index (κ2) is 11.4. The Balaban J connectivity index is 0.00000274. The van der Waals surface area contributed by atoms with Gasteiger partial charge < -0.3 is 10.1 Å². The molecule has 3 aromatic rings. The Hall–Kier alpha value is -2.33. The van der Waals surface area contributed by atoms with Crippen LogP contribution in [-0.4, -0.2) is 37.2 Å². The molecule has 0 unspecified atom stereocenters. The molecule has 3 heterocycles. The number of hydrogen-bond acceptors (Lipinski definition) is 3. The first-order valence-electron chi connectivity index (χ1n) is 12.5. The molecule has 2 atom stereocenters. The largest absolute Gasteiger partial charge is 0.496 e. The molecule has 2 bridgehead atoms. The summed E-state index contributed by atoms with van der Waals surface area (Å²) in [6.45, 7) is 5.47. The van der Waals surface area contributed by atoms with Gasteiger partial charge in [0.2, 0.25) is 0 Å². The van der Waals surface area contributed by atoms with Crippen LogP contribution in [0.25, 0.3) is 0 Å². The van der Waals surface area contributed by atoms with E-state index in [1.54, 1.807) is 7.11 Å². The smallest absolute Gasteiger partial charge is 0.123 e. The maximum atomic E-state index is 5.71. The van der Waals surface area contributed by atoms with Gasteiger partial charge in [0.1, 0.15) is 5.75 Å². The summed E-state index contributed by atoms with van der Waals surface area (Å²) >= 11 is 0. The SMILES string of the molecule is CCc1ccc(OC)c(CN[C@H]2C3CCN(CC3)[C@H]2C(c2ccccc2)c2ccccc2)c1.Cl. The van der Waals surface area contributed by atoms with Gasteiger partial charge in [-0.05, 0) is 61.0 Å². The lowest BCUT2D eigenvalue weighted by Gasteiger charge is -2.54. The second-order valence-corrected chi connectivity index (χ2v) is 9.57. The Bertz CT molecular complexity index is 995. The molecule has 1 N–H and O–H groups in total. The Labute approximate surface area is 210 Å². The molecule has 3 fully saturated rings. The van der Waals surface area contributed by atoms with Crippen LogP contribution in [0.5, 0.6) is 5.75 Å².